The lowest BCUT2D eigenvalue weighted by atomic mass is 10.0. The van der Waals surface area contributed by atoms with Gasteiger partial charge in [0.15, 0.2) is 11.6 Å². The molecular weight excluding hydrogens is 297 g/mol. The molecule has 0 bridgehead atoms. The Balaban J connectivity index is 1.91. The molecule has 0 aromatic heterocycles. The second kappa shape index (κ2) is 6.99. The first-order chi connectivity index (χ1) is 10.8. The molecule has 2 nitrogen and oxygen atoms in total. The zero-order valence-corrected chi connectivity index (χ0v) is 13.3. The fourth-order valence-electron chi connectivity index (χ4n) is 2.52. The number of benzene rings is 2. The zero-order valence-electron chi connectivity index (χ0n) is 12.4. The Kier molecular flexibility index (Phi) is 4.80. The highest BCUT2D eigenvalue weighted by Crippen LogP contribution is 2.36. The smallest absolute Gasteiger partial charge is 0.165 e. The van der Waals surface area contributed by atoms with E-state index in [0.717, 1.165) is 24.4 Å². The SMILES string of the molecule is COc1cc(Sc2ccccc2C2=CCNCC2)ccc1F. The number of nitrogens with one attached hydrogen (secondary N) is 1. The largest absolute Gasteiger partial charge is 0.494 e. The minimum atomic E-state index is -0.332. The van der Waals surface area contributed by atoms with Gasteiger partial charge < -0.3 is 10.1 Å². The number of rotatable bonds is 4. The molecular formula is C18H18FNOS. The van der Waals surface area contributed by atoms with Crippen LogP contribution in [0.1, 0.15) is 12.0 Å². The van der Waals surface area contributed by atoms with Crippen LogP contribution in [0, 0.1) is 5.82 Å². The van der Waals surface area contributed by atoms with Crippen LogP contribution in [0.2, 0.25) is 0 Å². The number of hydrogen-bond acceptors (Lipinski definition) is 3. The minimum absolute atomic E-state index is 0.281. The summed E-state index contributed by atoms with van der Waals surface area (Å²) < 4.78 is 18.6. The molecule has 0 saturated heterocycles. The average Bonchev–Trinajstić information content (AvgIpc) is 2.58. The van der Waals surface area contributed by atoms with Crippen molar-refractivity contribution in [3.05, 3.63) is 59.9 Å². The van der Waals surface area contributed by atoms with Gasteiger partial charge in [0.2, 0.25) is 0 Å². The van der Waals surface area contributed by atoms with E-state index in [4.69, 9.17) is 4.74 Å². The molecule has 0 fully saturated rings. The summed E-state index contributed by atoms with van der Waals surface area (Å²) in [6, 6.07) is 13.3. The first-order valence-corrected chi connectivity index (χ1v) is 8.10. The highest BCUT2D eigenvalue weighted by molar-refractivity contribution is 7.99. The Hall–Kier alpha value is -1.78. The molecule has 2 aromatic carbocycles. The summed E-state index contributed by atoms with van der Waals surface area (Å²) in [4.78, 5) is 2.16. The Morgan fingerprint density at radius 2 is 2.05 bits per heavy atom. The first kappa shape index (κ1) is 15.1. The fraction of sp³-hybridized carbons (Fsp3) is 0.222. The highest BCUT2D eigenvalue weighted by atomic mass is 32.2. The molecule has 0 amide bonds. The molecule has 22 heavy (non-hydrogen) atoms. The van der Waals surface area contributed by atoms with Crippen molar-refractivity contribution in [1.29, 1.82) is 0 Å². The number of methoxy groups -OCH3 is 1. The molecule has 2 aromatic rings. The van der Waals surface area contributed by atoms with E-state index in [1.165, 1.54) is 29.2 Å². The van der Waals surface area contributed by atoms with Gasteiger partial charge in [-0.25, -0.2) is 4.39 Å². The summed E-state index contributed by atoms with van der Waals surface area (Å²) in [5.41, 5.74) is 2.63. The van der Waals surface area contributed by atoms with Crippen LogP contribution in [0.4, 0.5) is 4.39 Å². The van der Waals surface area contributed by atoms with Crippen LogP contribution >= 0.6 is 11.8 Å². The van der Waals surface area contributed by atoms with Gasteiger partial charge in [-0.2, -0.15) is 0 Å². The van der Waals surface area contributed by atoms with Crippen LogP contribution < -0.4 is 10.1 Å². The van der Waals surface area contributed by atoms with Crippen LogP contribution in [0.5, 0.6) is 5.75 Å². The summed E-state index contributed by atoms with van der Waals surface area (Å²) in [6.07, 6.45) is 3.28. The Morgan fingerprint density at radius 1 is 1.18 bits per heavy atom. The molecule has 114 valence electrons. The average molecular weight is 315 g/mol. The first-order valence-electron chi connectivity index (χ1n) is 7.28. The van der Waals surface area contributed by atoms with E-state index in [2.05, 4.69) is 29.6 Å². The van der Waals surface area contributed by atoms with Crippen LogP contribution in [0.3, 0.4) is 0 Å². The highest BCUT2D eigenvalue weighted by Gasteiger charge is 2.12. The Labute approximate surface area is 134 Å². The molecule has 0 unspecified atom stereocenters. The molecule has 1 aliphatic heterocycles. The Bertz CT molecular complexity index is 699. The molecule has 3 rings (SSSR count). The van der Waals surface area contributed by atoms with E-state index in [1.54, 1.807) is 23.9 Å². The zero-order chi connectivity index (χ0) is 15.4. The van der Waals surface area contributed by atoms with Crippen molar-refractivity contribution in [2.24, 2.45) is 0 Å². The summed E-state index contributed by atoms with van der Waals surface area (Å²) in [7, 11) is 1.49. The van der Waals surface area contributed by atoms with E-state index >= 15 is 0 Å². The van der Waals surface area contributed by atoms with E-state index < -0.39 is 0 Å². The predicted octanol–water partition coefficient (Wildman–Crippen LogP) is 4.36. The maximum atomic E-state index is 13.5. The van der Waals surface area contributed by atoms with Crippen LogP contribution in [-0.4, -0.2) is 20.2 Å². The van der Waals surface area contributed by atoms with Crippen molar-refractivity contribution in [1.82, 2.24) is 5.32 Å². The van der Waals surface area contributed by atoms with Gasteiger partial charge in [-0.3, -0.25) is 0 Å². The van der Waals surface area contributed by atoms with Gasteiger partial charge in [0.25, 0.3) is 0 Å². The number of ether oxygens (including phenoxy) is 1. The van der Waals surface area contributed by atoms with Crippen LogP contribution in [0.15, 0.2) is 58.3 Å². The van der Waals surface area contributed by atoms with E-state index in [1.807, 2.05) is 6.07 Å². The molecule has 1 aliphatic rings. The standard InChI is InChI=1S/C18H18FNOS/c1-21-17-12-14(6-7-16(17)19)22-18-5-3-2-4-15(18)13-8-10-20-11-9-13/h2-8,12,20H,9-11H2,1H3. The van der Waals surface area contributed by atoms with Crippen molar-refractivity contribution >= 4 is 17.3 Å². The molecule has 0 atom stereocenters. The maximum absolute atomic E-state index is 13.5. The normalized spacial score (nSPS) is 14.5. The minimum Gasteiger partial charge on any atom is -0.494 e. The number of halogens is 1. The lowest BCUT2D eigenvalue weighted by Crippen LogP contribution is -2.20. The van der Waals surface area contributed by atoms with Crippen molar-refractivity contribution in [2.75, 3.05) is 20.2 Å². The van der Waals surface area contributed by atoms with Gasteiger partial charge in [-0.05, 0) is 48.4 Å². The van der Waals surface area contributed by atoms with Gasteiger partial charge in [-0.15, -0.1) is 0 Å². The van der Waals surface area contributed by atoms with Crippen molar-refractivity contribution in [3.8, 4) is 5.75 Å². The van der Waals surface area contributed by atoms with Gasteiger partial charge in [-0.1, -0.05) is 36.0 Å². The van der Waals surface area contributed by atoms with Crippen molar-refractivity contribution in [2.45, 2.75) is 16.2 Å². The monoisotopic (exact) mass is 315 g/mol. The van der Waals surface area contributed by atoms with E-state index in [-0.39, 0.29) is 11.6 Å². The van der Waals surface area contributed by atoms with Gasteiger partial charge >= 0.3 is 0 Å². The summed E-state index contributed by atoms with van der Waals surface area (Å²) in [6.45, 7) is 1.92. The summed E-state index contributed by atoms with van der Waals surface area (Å²) in [5, 5.41) is 3.33. The lowest BCUT2D eigenvalue weighted by molar-refractivity contribution is 0.385. The topological polar surface area (TPSA) is 21.3 Å². The van der Waals surface area contributed by atoms with Crippen molar-refractivity contribution in [3.63, 3.8) is 0 Å². The van der Waals surface area contributed by atoms with Gasteiger partial charge in [0.05, 0.1) is 7.11 Å². The fourth-order valence-corrected chi connectivity index (χ4v) is 3.53. The van der Waals surface area contributed by atoms with Crippen molar-refractivity contribution < 1.29 is 9.13 Å². The Morgan fingerprint density at radius 3 is 2.82 bits per heavy atom. The van der Waals surface area contributed by atoms with E-state index in [9.17, 15) is 4.39 Å². The molecule has 0 saturated carbocycles. The predicted molar refractivity (Wildman–Crippen MR) is 89.0 cm³/mol. The van der Waals surface area contributed by atoms with Gasteiger partial charge in [0, 0.05) is 16.3 Å². The van der Waals surface area contributed by atoms with Crippen LogP contribution in [0.25, 0.3) is 5.57 Å². The maximum Gasteiger partial charge on any atom is 0.165 e. The molecule has 0 radical (unpaired) electrons. The van der Waals surface area contributed by atoms with E-state index in [0.29, 0.717) is 0 Å². The number of hydrogen-bond donors (Lipinski definition) is 1. The quantitative estimate of drug-likeness (QED) is 0.905. The molecule has 1 heterocycles. The molecule has 4 heteroatoms. The third-order valence-corrected chi connectivity index (χ3v) is 4.71. The third kappa shape index (κ3) is 3.34. The second-order valence-corrected chi connectivity index (χ2v) is 6.19. The summed E-state index contributed by atoms with van der Waals surface area (Å²) in [5.74, 6) is -0.0511. The van der Waals surface area contributed by atoms with Crippen LogP contribution in [-0.2, 0) is 0 Å². The van der Waals surface area contributed by atoms with Gasteiger partial charge in [0.1, 0.15) is 0 Å². The molecule has 0 spiro atoms. The molecule has 0 aliphatic carbocycles. The third-order valence-electron chi connectivity index (χ3n) is 3.65. The summed E-state index contributed by atoms with van der Waals surface area (Å²) >= 11 is 1.64. The molecule has 1 N–H and O–H groups in total. The lowest BCUT2D eigenvalue weighted by Gasteiger charge is -2.17. The second-order valence-electron chi connectivity index (χ2n) is 5.08.